The van der Waals surface area contributed by atoms with Crippen LogP contribution in [0.4, 0.5) is 4.39 Å². The maximum Gasteiger partial charge on any atom is 0.346 e. The average molecular weight is 339 g/mol. The number of hydrogen-bond donors (Lipinski definition) is 2. The number of aliphatic carboxylic acids is 1. The van der Waals surface area contributed by atoms with Gasteiger partial charge >= 0.3 is 5.97 Å². The van der Waals surface area contributed by atoms with E-state index in [2.05, 4.69) is 5.32 Å². The van der Waals surface area contributed by atoms with Crippen molar-refractivity contribution < 1.29 is 28.6 Å². The van der Waals surface area contributed by atoms with Gasteiger partial charge in [0.05, 0.1) is 12.0 Å². The zero-order valence-electron chi connectivity index (χ0n) is 13.6. The number of carboxylic acid groups (broad SMARTS) is 1. The van der Waals surface area contributed by atoms with Crippen molar-refractivity contribution in [2.24, 2.45) is 5.41 Å². The number of carboxylic acids is 1. The van der Waals surface area contributed by atoms with Crippen molar-refractivity contribution in [3.8, 4) is 5.75 Å². The van der Waals surface area contributed by atoms with Gasteiger partial charge in [0.25, 0.3) is 0 Å². The molecule has 0 radical (unpaired) electrons. The van der Waals surface area contributed by atoms with Gasteiger partial charge in [-0.25, -0.2) is 9.18 Å². The molecule has 1 saturated carbocycles. The van der Waals surface area contributed by atoms with Crippen LogP contribution in [0, 0.1) is 11.2 Å². The Morgan fingerprint density at radius 3 is 2.50 bits per heavy atom. The van der Waals surface area contributed by atoms with E-state index in [1.165, 1.54) is 24.3 Å². The van der Waals surface area contributed by atoms with E-state index in [-0.39, 0.29) is 18.2 Å². The number of carbonyl (C=O) groups excluding carboxylic acids is 1. The lowest BCUT2D eigenvalue weighted by Crippen LogP contribution is -2.50. The maximum absolute atomic E-state index is 12.9. The fourth-order valence-corrected chi connectivity index (χ4v) is 2.72. The first-order valence-corrected chi connectivity index (χ1v) is 7.89. The predicted octanol–water partition coefficient (Wildman–Crippen LogP) is 1.98. The number of nitrogens with one attached hydrogen (secondary N) is 1. The fraction of sp³-hybridized carbons (Fsp3) is 0.529. The Labute approximate surface area is 139 Å². The lowest BCUT2D eigenvalue weighted by molar-refractivity contribution is -0.146. The van der Waals surface area contributed by atoms with Gasteiger partial charge in [-0.1, -0.05) is 6.42 Å². The van der Waals surface area contributed by atoms with E-state index in [4.69, 9.17) is 9.47 Å². The Balaban J connectivity index is 1.92. The molecule has 2 rings (SSSR count). The molecule has 1 aliphatic carbocycles. The largest absolute Gasteiger partial charge is 0.478 e. The van der Waals surface area contributed by atoms with E-state index >= 15 is 0 Å². The molecule has 0 heterocycles. The van der Waals surface area contributed by atoms with Crippen LogP contribution in [0.5, 0.6) is 5.75 Å². The zero-order chi connectivity index (χ0) is 17.6. The summed E-state index contributed by atoms with van der Waals surface area (Å²) < 4.78 is 23.2. The average Bonchev–Trinajstić information content (AvgIpc) is 2.52. The van der Waals surface area contributed by atoms with Crippen molar-refractivity contribution in [1.82, 2.24) is 5.32 Å². The van der Waals surface area contributed by atoms with Gasteiger partial charge in [0.1, 0.15) is 11.6 Å². The van der Waals surface area contributed by atoms with Crippen molar-refractivity contribution in [3.05, 3.63) is 30.1 Å². The van der Waals surface area contributed by atoms with Gasteiger partial charge in [-0.15, -0.1) is 0 Å². The summed E-state index contributed by atoms with van der Waals surface area (Å²) in [5.41, 5.74) is -0.463. The molecule has 0 aliphatic heterocycles. The minimum Gasteiger partial charge on any atom is -0.478 e. The Bertz CT molecular complexity index is 571. The van der Waals surface area contributed by atoms with Gasteiger partial charge in [0.2, 0.25) is 12.0 Å². The van der Waals surface area contributed by atoms with Crippen LogP contribution in [0.15, 0.2) is 24.3 Å². The summed E-state index contributed by atoms with van der Waals surface area (Å²) >= 11 is 0. The first-order chi connectivity index (χ1) is 11.5. The predicted molar refractivity (Wildman–Crippen MR) is 84.2 cm³/mol. The van der Waals surface area contributed by atoms with Crippen LogP contribution >= 0.6 is 0 Å². The second-order valence-corrected chi connectivity index (χ2v) is 5.99. The highest BCUT2D eigenvalue weighted by Crippen LogP contribution is 2.44. The van der Waals surface area contributed by atoms with Crippen LogP contribution in [0.3, 0.4) is 0 Å². The molecule has 0 bridgehead atoms. The number of hydrogen-bond acceptors (Lipinski definition) is 4. The quantitative estimate of drug-likeness (QED) is 0.719. The molecule has 1 aromatic carbocycles. The van der Waals surface area contributed by atoms with Crippen LogP contribution in [-0.4, -0.2) is 43.3 Å². The third kappa shape index (κ3) is 4.44. The Kier molecular flexibility index (Phi) is 6.14. The molecule has 1 unspecified atom stereocenters. The van der Waals surface area contributed by atoms with Gasteiger partial charge < -0.3 is 19.9 Å². The summed E-state index contributed by atoms with van der Waals surface area (Å²) in [5.74, 6) is -1.57. The van der Waals surface area contributed by atoms with E-state index in [1.807, 2.05) is 0 Å². The van der Waals surface area contributed by atoms with Gasteiger partial charge in [-0.3, -0.25) is 4.79 Å². The van der Waals surface area contributed by atoms with Crippen molar-refractivity contribution >= 4 is 11.9 Å². The molecule has 1 aromatic rings. The Morgan fingerprint density at radius 2 is 2.00 bits per heavy atom. The summed E-state index contributed by atoms with van der Waals surface area (Å²) in [5, 5.41) is 11.9. The molecule has 132 valence electrons. The third-order valence-corrected chi connectivity index (χ3v) is 4.39. The molecular formula is C17H22FNO5. The molecule has 1 fully saturated rings. The molecule has 6 nitrogen and oxygen atoms in total. The molecule has 7 heteroatoms. The molecule has 2 N–H and O–H groups in total. The monoisotopic (exact) mass is 339 g/mol. The lowest BCUT2D eigenvalue weighted by atomic mass is 9.66. The van der Waals surface area contributed by atoms with Crippen LogP contribution in [0.25, 0.3) is 0 Å². The smallest absolute Gasteiger partial charge is 0.346 e. The highest BCUT2D eigenvalue weighted by molar-refractivity contribution is 5.84. The Hall–Kier alpha value is -2.15. The number of rotatable bonds is 9. The van der Waals surface area contributed by atoms with Crippen LogP contribution in [0.1, 0.15) is 25.7 Å². The fourth-order valence-electron chi connectivity index (χ4n) is 2.72. The summed E-state index contributed by atoms with van der Waals surface area (Å²) in [6, 6.07) is 5.06. The van der Waals surface area contributed by atoms with E-state index in [9.17, 15) is 19.1 Å². The molecular weight excluding hydrogens is 317 g/mol. The number of ether oxygens (including phenoxy) is 2. The van der Waals surface area contributed by atoms with E-state index in [0.29, 0.717) is 13.0 Å². The van der Waals surface area contributed by atoms with Gasteiger partial charge in [0, 0.05) is 13.7 Å². The van der Waals surface area contributed by atoms with Crippen molar-refractivity contribution in [1.29, 1.82) is 0 Å². The summed E-state index contributed by atoms with van der Waals surface area (Å²) in [6.45, 7) is 0.335. The number of methoxy groups -OCH3 is 1. The normalized spacial score (nSPS) is 16.8. The molecule has 0 spiro atoms. The van der Waals surface area contributed by atoms with Crippen molar-refractivity contribution in [2.75, 3.05) is 20.3 Å². The Morgan fingerprint density at radius 1 is 1.33 bits per heavy atom. The lowest BCUT2D eigenvalue weighted by Gasteiger charge is -2.40. The third-order valence-electron chi connectivity index (χ3n) is 4.39. The highest BCUT2D eigenvalue weighted by atomic mass is 19.1. The van der Waals surface area contributed by atoms with Gasteiger partial charge in [-0.05, 0) is 43.5 Å². The first kappa shape index (κ1) is 18.2. The molecule has 0 saturated heterocycles. The van der Waals surface area contributed by atoms with Gasteiger partial charge in [-0.2, -0.15) is 0 Å². The van der Waals surface area contributed by atoms with Crippen molar-refractivity contribution in [3.63, 3.8) is 0 Å². The summed E-state index contributed by atoms with van der Waals surface area (Å²) in [4.78, 5) is 23.7. The number of amides is 1. The molecule has 0 aromatic heterocycles. The second-order valence-electron chi connectivity index (χ2n) is 5.99. The summed E-state index contributed by atoms with van der Waals surface area (Å²) in [6.07, 6.45) is 1.91. The number of halogens is 1. The zero-order valence-corrected chi connectivity index (χ0v) is 13.6. The van der Waals surface area contributed by atoms with Crippen LogP contribution < -0.4 is 10.1 Å². The second kappa shape index (κ2) is 8.10. The van der Waals surface area contributed by atoms with Gasteiger partial charge in [0.15, 0.2) is 0 Å². The number of benzene rings is 1. The molecule has 1 atom stereocenters. The van der Waals surface area contributed by atoms with Crippen LogP contribution in [-0.2, 0) is 14.3 Å². The SMILES string of the molecule is COCCC1(C(=O)NCC(Oc2ccc(F)cc2)C(=O)O)CCC1. The molecule has 1 aliphatic rings. The van der Waals surface area contributed by atoms with E-state index in [0.717, 1.165) is 19.3 Å². The molecule has 1 amide bonds. The van der Waals surface area contributed by atoms with E-state index in [1.54, 1.807) is 7.11 Å². The minimum absolute atomic E-state index is 0.153. The highest BCUT2D eigenvalue weighted by Gasteiger charge is 2.43. The standard InChI is InChI=1S/C17H22FNO5/c1-23-10-9-17(7-2-8-17)16(22)19-11-14(15(20)21)24-13-5-3-12(18)4-6-13/h3-6,14H,2,7-11H2,1H3,(H,19,22)(H,20,21). The molecule has 24 heavy (non-hydrogen) atoms. The van der Waals surface area contributed by atoms with Crippen LogP contribution in [0.2, 0.25) is 0 Å². The topological polar surface area (TPSA) is 84.9 Å². The maximum atomic E-state index is 12.9. The minimum atomic E-state index is -1.24. The van der Waals surface area contributed by atoms with Crippen molar-refractivity contribution in [2.45, 2.75) is 31.8 Å². The summed E-state index contributed by atoms with van der Waals surface area (Å²) in [7, 11) is 1.58. The first-order valence-electron chi connectivity index (χ1n) is 7.89. The number of carbonyl (C=O) groups is 2. The van der Waals surface area contributed by atoms with E-state index < -0.39 is 23.3 Å².